The van der Waals surface area contributed by atoms with Gasteiger partial charge >= 0.3 is 5.97 Å². The normalized spacial score (nSPS) is 13.9. The summed E-state index contributed by atoms with van der Waals surface area (Å²) in [5.74, 6) is -1.09. The largest absolute Gasteiger partial charge is 0.465 e. The zero-order valence-electron chi connectivity index (χ0n) is 13.3. The van der Waals surface area contributed by atoms with Crippen molar-refractivity contribution >= 4 is 57.1 Å². The van der Waals surface area contributed by atoms with Crippen molar-refractivity contribution in [2.45, 2.75) is 0 Å². The number of methoxy groups -OCH3 is 1. The number of thiocarbonyl (C=S) groups is 1. The first-order valence-electron chi connectivity index (χ1n) is 7.25. The molecule has 2 amide bonds. The van der Waals surface area contributed by atoms with Crippen molar-refractivity contribution in [3.8, 4) is 11.3 Å². The van der Waals surface area contributed by atoms with Gasteiger partial charge in [-0.1, -0.05) is 15.9 Å². The van der Waals surface area contributed by atoms with Gasteiger partial charge in [0.25, 0.3) is 11.8 Å². The summed E-state index contributed by atoms with van der Waals surface area (Å²) in [5.41, 5.74) is 0.695. The maximum atomic E-state index is 12.0. The molecule has 0 bridgehead atoms. The number of halogens is 1. The zero-order valence-corrected chi connectivity index (χ0v) is 15.7. The van der Waals surface area contributed by atoms with E-state index in [9.17, 15) is 14.4 Å². The molecule has 7 nitrogen and oxygen atoms in total. The fourth-order valence-corrected chi connectivity index (χ4v) is 2.88. The average molecular weight is 435 g/mol. The SMILES string of the molecule is COC(=O)c1cc(Br)ccc1-c1ccc(C=C2C(=O)NC(=S)NC2=O)o1. The Morgan fingerprint density at radius 1 is 1.19 bits per heavy atom. The number of nitrogens with one attached hydrogen (secondary N) is 2. The van der Waals surface area contributed by atoms with Gasteiger partial charge in [0.2, 0.25) is 0 Å². The Hall–Kier alpha value is -2.78. The first-order valence-corrected chi connectivity index (χ1v) is 8.45. The Bertz CT molecular complexity index is 957. The molecule has 9 heteroatoms. The summed E-state index contributed by atoms with van der Waals surface area (Å²) < 4.78 is 11.2. The second kappa shape index (κ2) is 7.22. The molecule has 1 aromatic heterocycles. The molecule has 2 aromatic rings. The minimum absolute atomic E-state index is 0.0464. The lowest BCUT2D eigenvalue weighted by Crippen LogP contribution is -2.51. The van der Waals surface area contributed by atoms with Gasteiger partial charge in [0.15, 0.2) is 5.11 Å². The van der Waals surface area contributed by atoms with Crippen molar-refractivity contribution in [1.82, 2.24) is 10.6 Å². The van der Waals surface area contributed by atoms with Crippen LogP contribution in [0.15, 0.2) is 44.8 Å². The van der Waals surface area contributed by atoms with Gasteiger partial charge in [-0.25, -0.2) is 4.79 Å². The number of furan rings is 1. The molecule has 26 heavy (non-hydrogen) atoms. The van der Waals surface area contributed by atoms with Crippen LogP contribution in [0.5, 0.6) is 0 Å². The van der Waals surface area contributed by atoms with Crippen molar-refractivity contribution < 1.29 is 23.5 Å². The first-order chi connectivity index (χ1) is 12.4. The van der Waals surface area contributed by atoms with E-state index in [4.69, 9.17) is 21.4 Å². The topological polar surface area (TPSA) is 97.6 Å². The van der Waals surface area contributed by atoms with Gasteiger partial charge in [0.05, 0.1) is 12.7 Å². The highest BCUT2D eigenvalue weighted by atomic mass is 79.9. The number of amides is 2. The fraction of sp³-hybridized carbons (Fsp3) is 0.0588. The lowest BCUT2D eigenvalue weighted by atomic mass is 10.1. The van der Waals surface area contributed by atoms with Gasteiger partial charge in [-0.05, 0) is 48.6 Å². The molecular weight excluding hydrogens is 424 g/mol. The van der Waals surface area contributed by atoms with Crippen molar-refractivity contribution in [2.75, 3.05) is 7.11 Å². The number of rotatable bonds is 3. The number of esters is 1. The van der Waals surface area contributed by atoms with E-state index in [1.165, 1.54) is 13.2 Å². The Kier molecular flexibility index (Phi) is 5.01. The van der Waals surface area contributed by atoms with Crippen LogP contribution in [0.25, 0.3) is 17.4 Å². The van der Waals surface area contributed by atoms with Crippen molar-refractivity contribution in [2.24, 2.45) is 0 Å². The van der Waals surface area contributed by atoms with Crippen molar-refractivity contribution in [3.05, 3.63) is 51.7 Å². The fourth-order valence-electron chi connectivity index (χ4n) is 2.33. The third-order valence-corrected chi connectivity index (χ3v) is 4.21. The maximum absolute atomic E-state index is 12.0. The summed E-state index contributed by atoms with van der Waals surface area (Å²) in [6, 6.07) is 8.28. The van der Waals surface area contributed by atoms with Gasteiger partial charge in [-0.2, -0.15) is 0 Å². The standard InChI is InChI=1S/C17H11BrN2O5S/c1-24-16(23)11-6-8(18)2-4-10(11)13-5-3-9(25-13)7-12-14(21)19-17(26)20-15(12)22/h2-7H,1H3,(H2,19,20,21,22,26). The number of carbonyl (C=O) groups excluding carboxylic acids is 3. The molecule has 0 atom stereocenters. The molecule has 0 saturated carbocycles. The molecule has 2 N–H and O–H groups in total. The molecule has 0 spiro atoms. The van der Waals surface area contributed by atoms with Gasteiger partial charge in [0, 0.05) is 10.0 Å². The van der Waals surface area contributed by atoms with Crippen LogP contribution in [-0.4, -0.2) is 30.0 Å². The number of hydrogen-bond acceptors (Lipinski definition) is 6. The van der Waals surface area contributed by atoms with Gasteiger partial charge in [-0.3, -0.25) is 20.2 Å². The summed E-state index contributed by atoms with van der Waals surface area (Å²) in [4.78, 5) is 35.7. The van der Waals surface area contributed by atoms with Crippen molar-refractivity contribution in [1.29, 1.82) is 0 Å². The number of benzene rings is 1. The third kappa shape index (κ3) is 3.58. The van der Waals surface area contributed by atoms with Crippen LogP contribution in [0.4, 0.5) is 0 Å². The molecule has 2 heterocycles. The summed E-state index contributed by atoms with van der Waals surface area (Å²) >= 11 is 8.05. The number of ether oxygens (including phenoxy) is 1. The zero-order chi connectivity index (χ0) is 18.8. The predicted molar refractivity (Wildman–Crippen MR) is 100 cm³/mol. The van der Waals surface area contributed by atoms with Gasteiger partial charge in [0.1, 0.15) is 17.1 Å². The molecule has 1 aliphatic rings. The molecule has 1 aliphatic heterocycles. The summed E-state index contributed by atoms with van der Waals surface area (Å²) in [7, 11) is 1.29. The first kappa shape index (κ1) is 18.0. The quantitative estimate of drug-likeness (QED) is 0.333. The van der Waals surface area contributed by atoms with E-state index in [0.717, 1.165) is 0 Å². The van der Waals surface area contributed by atoms with E-state index >= 15 is 0 Å². The molecule has 0 unspecified atom stereocenters. The monoisotopic (exact) mass is 434 g/mol. The van der Waals surface area contributed by atoms with Crippen LogP contribution in [0, 0.1) is 0 Å². The highest BCUT2D eigenvalue weighted by Crippen LogP contribution is 2.29. The third-order valence-electron chi connectivity index (χ3n) is 3.51. The Balaban J connectivity index is 1.98. The number of carbonyl (C=O) groups is 3. The van der Waals surface area contributed by atoms with Crippen LogP contribution < -0.4 is 10.6 Å². The van der Waals surface area contributed by atoms with Crippen LogP contribution in [-0.2, 0) is 14.3 Å². The molecule has 0 aliphatic carbocycles. The predicted octanol–water partition coefficient (Wildman–Crippen LogP) is 2.41. The highest BCUT2D eigenvalue weighted by Gasteiger charge is 2.26. The summed E-state index contributed by atoms with van der Waals surface area (Å²) in [5, 5.41) is 4.63. The van der Waals surface area contributed by atoms with Crippen LogP contribution >= 0.6 is 28.1 Å². The van der Waals surface area contributed by atoms with E-state index in [-0.39, 0.29) is 16.4 Å². The lowest BCUT2D eigenvalue weighted by Gasteiger charge is -2.15. The molecule has 1 aromatic carbocycles. The Labute approximate surface area is 161 Å². The molecule has 1 fully saturated rings. The molecule has 1 saturated heterocycles. The Morgan fingerprint density at radius 2 is 1.88 bits per heavy atom. The van der Waals surface area contributed by atoms with E-state index in [1.807, 2.05) is 0 Å². The van der Waals surface area contributed by atoms with E-state index in [1.54, 1.807) is 30.3 Å². The van der Waals surface area contributed by atoms with Crippen molar-refractivity contribution in [3.63, 3.8) is 0 Å². The molecule has 3 rings (SSSR count). The van der Waals surface area contributed by atoms with E-state index in [0.29, 0.717) is 21.4 Å². The second-order valence-corrected chi connectivity index (χ2v) is 6.50. The molecule has 132 valence electrons. The summed E-state index contributed by atoms with van der Waals surface area (Å²) in [6.45, 7) is 0. The molecular formula is C17H11BrN2O5S. The molecule has 0 radical (unpaired) electrons. The minimum Gasteiger partial charge on any atom is -0.465 e. The number of hydrogen-bond donors (Lipinski definition) is 2. The minimum atomic E-state index is -0.615. The maximum Gasteiger partial charge on any atom is 0.338 e. The highest BCUT2D eigenvalue weighted by molar-refractivity contribution is 9.10. The van der Waals surface area contributed by atoms with Crippen LogP contribution in [0.1, 0.15) is 16.1 Å². The van der Waals surface area contributed by atoms with E-state index in [2.05, 4.69) is 26.6 Å². The van der Waals surface area contributed by atoms with Crippen LogP contribution in [0.2, 0.25) is 0 Å². The average Bonchev–Trinajstić information content (AvgIpc) is 3.05. The van der Waals surface area contributed by atoms with Crippen LogP contribution in [0.3, 0.4) is 0 Å². The lowest BCUT2D eigenvalue weighted by molar-refractivity contribution is -0.123. The van der Waals surface area contributed by atoms with Gasteiger partial charge < -0.3 is 9.15 Å². The summed E-state index contributed by atoms with van der Waals surface area (Å²) in [6.07, 6.45) is 1.30. The van der Waals surface area contributed by atoms with Gasteiger partial charge in [-0.15, -0.1) is 0 Å². The smallest absolute Gasteiger partial charge is 0.338 e. The second-order valence-electron chi connectivity index (χ2n) is 5.18. The Morgan fingerprint density at radius 3 is 2.54 bits per heavy atom. The van der Waals surface area contributed by atoms with E-state index < -0.39 is 17.8 Å².